The number of nitro groups is 1. The van der Waals surface area contributed by atoms with Crippen molar-refractivity contribution in [2.24, 2.45) is 5.10 Å². The predicted molar refractivity (Wildman–Crippen MR) is 148 cm³/mol. The summed E-state index contributed by atoms with van der Waals surface area (Å²) in [6.07, 6.45) is 1.86. The Morgan fingerprint density at radius 3 is 2.15 bits per heavy atom. The van der Waals surface area contributed by atoms with Gasteiger partial charge in [0.15, 0.2) is 23.0 Å². The van der Waals surface area contributed by atoms with Crippen molar-refractivity contribution in [1.82, 2.24) is 10.7 Å². The Balaban J connectivity index is 1.47. The van der Waals surface area contributed by atoms with E-state index < -0.39 is 16.8 Å². The average Bonchev–Trinajstić information content (AvgIpc) is 2.99. The standard InChI is InChI=1S/C28H28N4O9/c1-38-22-13-9-20(16-25(22)40-3)28(35)41-23-12-6-18(15-24(23)39-2)17-30-31-26(33)5-4-14-29-27(34)19-7-10-21(11-8-19)32(36)37/h6-13,15-17H,4-5,14H2,1-3H3,(H,29,34)(H,31,33). The first kappa shape index (κ1) is 30.1. The SMILES string of the molecule is COc1ccc(C(=O)Oc2ccc(C=NNC(=O)CCCNC(=O)c3ccc([N+](=O)[O-])cc3)cc2OC)cc1OC. The average molecular weight is 565 g/mol. The van der Waals surface area contributed by atoms with E-state index in [0.29, 0.717) is 23.5 Å². The molecule has 214 valence electrons. The maximum Gasteiger partial charge on any atom is 0.343 e. The highest BCUT2D eigenvalue weighted by Crippen LogP contribution is 2.31. The Bertz CT molecular complexity index is 1440. The fourth-order valence-electron chi connectivity index (χ4n) is 3.49. The zero-order chi connectivity index (χ0) is 29.8. The summed E-state index contributed by atoms with van der Waals surface area (Å²) < 4.78 is 21.2. The smallest absolute Gasteiger partial charge is 0.343 e. The van der Waals surface area contributed by atoms with E-state index in [0.717, 1.165) is 0 Å². The Labute approximate surface area is 235 Å². The van der Waals surface area contributed by atoms with Gasteiger partial charge in [-0.2, -0.15) is 5.10 Å². The van der Waals surface area contributed by atoms with Crippen LogP contribution in [0.15, 0.2) is 65.8 Å². The van der Waals surface area contributed by atoms with Crippen LogP contribution in [0.4, 0.5) is 5.69 Å². The third-order valence-corrected chi connectivity index (χ3v) is 5.62. The lowest BCUT2D eigenvalue weighted by molar-refractivity contribution is -0.384. The van der Waals surface area contributed by atoms with E-state index in [2.05, 4.69) is 15.8 Å². The lowest BCUT2D eigenvalue weighted by Crippen LogP contribution is -2.26. The summed E-state index contributed by atoms with van der Waals surface area (Å²) in [4.78, 5) is 47.0. The predicted octanol–water partition coefficient (Wildman–Crippen LogP) is 3.50. The van der Waals surface area contributed by atoms with Crippen molar-refractivity contribution >= 4 is 29.7 Å². The lowest BCUT2D eigenvalue weighted by Gasteiger charge is -2.11. The summed E-state index contributed by atoms with van der Waals surface area (Å²) in [6.45, 7) is 0.230. The van der Waals surface area contributed by atoms with Gasteiger partial charge in [-0.1, -0.05) is 0 Å². The monoisotopic (exact) mass is 564 g/mol. The van der Waals surface area contributed by atoms with Crippen molar-refractivity contribution < 1.29 is 38.3 Å². The van der Waals surface area contributed by atoms with Gasteiger partial charge in [-0.25, -0.2) is 10.2 Å². The van der Waals surface area contributed by atoms with E-state index in [1.807, 2.05) is 0 Å². The Hall–Kier alpha value is -5.46. The molecule has 0 atom stereocenters. The van der Waals surface area contributed by atoms with Crippen LogP contribution in [-0.4, -0.2) is 56.8 Å². The molecular formula is C28H28N4O9. The van der Waals surface area contributed by atoms with Gasteiger partial charge in [0.25, 0.3) is 11.6 Å². The number of amides is 2. The van der Waals surface area contributed by atoms with Gasteiger partial charge in [-0.3, -0.25) is 19.7 Å². The molecule has 0 spiro atoms. The first-order chi connectivity index (χ1) is 19.7. The van der Waals surface area contributed by atoms with Crippen LogP contribution >= 0.6 is 0 Å². The van der Waals surface area contributed by atoms with Crippen LogP contribution in [0.3, 0.4) is 0 Å². The van der Waals surface area contributed by atoms with E-state index >= 15 is 0 Å². The molecule has 41 heavy (non-hydrogen) atoms. The largest absolute Gasteiger partial charge is 0.493 e. The number of hydrogen-bond acceptors (Lipinski definition) is 10. The molecule has 0 aliphatic heterocycles. The quantitative estimate of drug-likeness (QED) is 0.0788. The normalized spacial score (nSPS) is 10.5. The van der Waals surface area contributed by atoms with Gasteiger partial charge in [-0.05, 0) is 60.5 Å². The molecule has 0 unspecified atom stereocenters. The van der Waals surface area contributed by atoms with E-state index in [4.69, 9.17) is 18.9 Å². The van der Waals surface area contributed by atoms with Gasteiger partial charge < -0.3 is 24.3 Å². The van der Waals surface area contributed by atoms with Gasteiger partial charge in [-0.15, -0.1) is 0 Å². The highest BCUT2D eigenvalue weighted by Gasteiger charge is 2.16. The van der Waals surface area contributed by atoms with Gasteiger partial charge in [0.05, 0.1) is 38.0 Å². The number of nitro benzene ring substituents is 1. The van der Waals surface area contributed by atoms with Crippen molar-refractivity contribution in [2.45, 2.75) is 12.8 Å². The second kappa shape index (κ2) is 14.6. The van der Waals surface area contributed by atoms with Gasteiger partial charge in [0, 0.05) is 30.7 Å². The summed E-state index contributed by atoms with van der Waals surface area (Å²) in [5.41, 5.74) is 3.40. The van der Waals surface area contributed by atoms with E-state index in [1.165, 1.54) is 63.9 Å². The summed E-state index contributed by atoms with van der Waals surface area (Å²) in [5, 5.41) is 17.3. The molecule has 0 radical (unpaired) electrons. The zero-order valence-corrected chi connectivity index (χ0v) is 22.5. The van der Waals surface area contributed by atoms with E-state index in [-0.39, 0.29) is 47.2 Å². The van der Waals surface area contributed by atoms with Gasteiger partial charge >= 0.3 is 5.97 Å². The molecule has 3 aromatic rings. The van der Waals surface area contributed by atoms with E-state index in [1.54, 1.807) is 24.3 Å². The van der Waals surface area contributed by atoms with Gasteiger partial charge in [0.1, 0.15) is 0 Å². The number of hydrazone groups is 1. The molecule has 0 fully saturated rings. The molecule has 0 aliphatic carbocycles. The number of esters is 1. The number of carbonyl (C=O) groups excluding carboxylic acids is 3. The molecule has 2 amide bonds. The molecule has 13 heteroatoms. The maximum atomic E-state index is 12.6. The first-order valence-electron chi connectivity index (χ1n) is 12.2. The highest BCUT2D eigenvalue weighted by atomic mass is 16.6. The fourth-order valence-corrected chi connectivity index (χ4v) is 3.49. The van der Waals surface area contributed by atoms with Crippen molar-refractivity contribution in [1.29, 1.82) is 0 Å². The molecule has 3 aromatic carbocycles. The minimum Gasteiger partial charge on any atom is -0.493 e. The minimum atomic E-state index is -0.623. The number of non-ortho nitro benzene ring substituents is 1. The summed E-state index contributed by atoms with van der Waals surface area (Å²) in [6, 6.07) is 14.6. The first-order valence-corrected chi connectivity index (χ1v) is 12.2. The third-order valence-electron chi connectivity index (χ3n) is 5.62. The fraction of sp³-hybridized carbons (Fsp3) is 0.214. The zero-order valence-electron chi connectivity index (χ0n) is 22.5. The highest BCUT2D eigenvalue weighted by molar-refractivity contribution is 5.94. The topological polar surface area (TPSA) is 168 Å². The molecule has 0 saturated heterocycles. The van der Waals surface area contributed by atoms with Crippen molar-refractivity contribution in [2.75, 3.05) is 27.9 Å². The van der Waals surface area contributed by atoms with Crippen LogP contribution in [0.2, 0.25) is 0 Å². The Morgan fingerprint density at radius 1 is 0.854 bits per heavy atom. The number of rotatable bonds is 13. The van der Waals surface area contributed by atoms with Crippen LogP contribution in [0, 0.1) is 10.1 Å². The summed E-state index contributed by atoms with van der Waals surface area (Å²) >= 11 is 0. The van der Waals surface area contributed by atoms with Crippen molar-refractivity contribution in [3.8, 4) is 23.0 Å². The molecule has 0 aromatic heterocycles. The number of benzene rings is 3. The van der Waals surface area contributed by atoms with Crippen LogP contribution < -0.4 is 29.7 Å². The molecule has 0 aliphatic rings. The number of ether oxygens (including phenoxy) is 4. The molecule has 0 bridgehead atoms. The molecule has 13 nitrogen and oxygen atoms in total. The number of nitrogens with zero attached hydrogens (tertiary/aromatic N) is 2. The maximum absolute atomic E-state index is 12.6. The van der Waals surface area contributed by atoms with Crippen molar-refractivity contribution in [3.05, 3.63) is 87.5 Å². The number of carbonyl (C=O) groups is 3. The number of hydrogen-bond donors (Lipinski definition) is 2. The second-order valence-corrected chi connectivity index (χ2v) is 8.33. The molecular weight excluding hydrogens is 536 g/mol. The lowest BCUT2D eigenvalue weighted by atomic mass is 10.2. The van der Waals surface area contributed by atoms with Gasteiger partial charge in [0.2, 0.25) is 5.91 Å². The molecule has 2 N–H and O–H groups in total. The van der Waals surface area contributed by atoms with Crippen LogP contribution in [0.1, 0.15) is 39.1 Å². The van der Waals surface area contributed by atoms with Crippen LogP contribution in [0.25, 0.3) is 0 Å². The Morgan fingerprint density at radius 2 is 1.49 bits per heavy atom. The molecule has 3 rings (SSSR count). The van der Waals surface area contributed by atoms with Crippen LogP contribution in [0.5, 0.6) is 23.0 Å². The second-order valence-electron chi connectivity index (χ2n) is 8.33. The third kappa shape index (κ3) is 8.51. The minimum absolute atomic E-state index is 0.103. The molecule has 0 heterocycles. The Kier molecular flexibility index (Phi) is 10.7. The van der Waals surface area contributed by atoms with Crippen LogP contribution in [-0.2, 0) is 4.79 Å². The number of methoxy groups -OCH3 is 3. The molecule has 0 saturated carbocycles. The van der Waals surface area contributed by atoms with Crippen molar-refractivity contribution in [3.63, 3.8) is 0 Å². The summed E-state index contributed by atoms with van der Waals surface area (Å²) in [7, 11) is 4.38. The van der Waals surface area contributed by atoms with E-state index in [9.17, 15) is 24.5 Å². The summed E-state index contributed by atoms with van der Waals surface area (Å²) in [5.74, 6) is -0.0642. The number of nitrogens with one attached hydrogen (secondary N) is 2.